The van der Waals surface area contributed by atoms with Crippen LogP contribution in [0.3, 0.4) is 0 Å². The number of aliphatic hydroxyl groups is 1. The van der Waals surface area contributed by atoms with Crippen LogP contribution < -0.4 is 0 Å². The molecule has 0 aliphatic rings. The molecule has 0 unspecified atom stereocenters. The Hall–Kier alpha value is -2.76. The molecule has 0 saturated carbocycles. The molecular formula is C28H32O4. The van der Waals surface area contributed by atoms with Gasteiger partial charge in [-0.3, -0.25) is 0 Å². The van der Waals surface area contributed by atoms with Crippen molar-refractivity contribution in [1.29, 1.82) is 0 Å². The van der Waals surface area contributed by atoms with Crippen LogP contribution in [-0.2, 0) is 34.0 Å². The third-order valence-electron chi connectivity index (χ3n) is 5.06. The van der Waals surface area contributed by atoms with Crippen molar-refractivity contribution < 1.29 is 19.3 Å². The maximum atomic E-state index is 11.0. The average Bonchev–Trinajstić information content (AvgIpc) is 2.84. The first-order valence-electron chi connectivity index (χ1n) is 11.0. The summed E-state index contributed by atoms with van der Waals surface area (Å²) in [7, 11) is 0. The van der Waals surface area contributed by atoms with Crippen LogP contribution in [0.4, 0.5) is 0 Å². The molecule has 32 heavy (non-hydrogen) atoms. The molecule has 0 heterocycles. The minimum absolute atomic E-state index is 0.150. The van der Waals surface area contributed by atoms with Crippen molar-refractivity contribution >= 4 is 0 Å². The van der Waals surface area contributed by atoms with Crippen LogP contribution in [0, 0.1) is 0 Å². The Morgan fingerprint density at radius 2 is 1.16 bits per heavy atom. The first kappa shape index (κ1) is 23.9. The predicted octanol–water partition coefficient (Wildman–Crippen LogP) is 5.31. The van der Waals surface area contributed by atoms with Crippen LogP contribution in [0.1, 0.15) is 23.6 Å². The highest BCUT2D eigenvalue weighted by Crippen LogP contribution is 2.17. The van der Waals surface area contributed by atoms with Gasteiger partial charge in [0.15, 0.2) is 0 Å². The van der Waals surface area contributed by atoms with Gasteiger partial charge in [0.25, 0.3) is 0 Å². The van der Waals surface area contributed by atoms with Gasteiger partial charge in [0.05, 0.1) is 26.4 Å². The highest BCUT2D eigenvalue weighted by Gasteiger charge is 2.29. The van der Waals surface area contributed by atoms with Crippen molar-refractivity contribution in [3.8, 4) is 0 Å². The van der Waals surface area contributed by atoms with Gasteiger partial charge in [-0.25, -0.2) is 0 Å². The van der Waals surface area contributed by atoms with Crippen molar-refractivity contribution in [2.24, 2.45) is 0 Å². The number of hydrogen-bond donors (Lipinski definition) is 1. The van der Waals surface area contributed by atoms with E-state index in [0.717, 1.165) is 16.7 Å². The summed E-state index contributed by atoms with van der Waals surface area (Å²) in [6.07, 6.45) is 2.01. The van der Waals surface area contributed by atoms with E-state index in [2.05, 4.69) is 0 Å². The van der Waals surface area contributed by atoms with Crippen LogP contribution >= 0.6 is 0 Å². The molecule has 0 spiro atoms. The Bertz CT molecular complexity index is 896. The van der Waals surface area contributed by atoms with Crippen molar-refractivity contribution in [1.82, 2.24) is 0 Å². The third kappa shape index (κ3) is 8.06. The Kier molecular flexibility index (Phi) is 10.2. The number of hydrogen-bond acceptors (Lipinski definition) is 4. The van der Waals surface area contributed by atoms with Gasteiger partial charge in [-0.15, -0.1) is 0 Å². The van der Waals surface area contributed by atoms with E-state index in [1.165, 1.54) is 0 Å². The minimum Gasteiger partial charge on any atom is -0.388 e. The molecular weight excluding hydrogens is 400 g/mol. The first-order valence-corrected chi connectivity index (χ1v) is 11.0. The fourth-order valence-corrected chi connectivity index (χ4v) is 3.37. The molecule has 0 saturated heterocycles. The van der Waals surface area contributed by atoms with Crippen LogP contribution in [0.2, 0.25) is 0 Å². The van der Waals surface area contributed by atoms with Gasteiger partial charge in [-0.1, -0.05) is 103 Å². The third-order valence-corrected chi connectivity index (χ3v) is 5.06. The van der Waals surface area contributed by atoms with E-state index < -0.39 is 18.3 Å². The fraction of sp³-hybridized carbons (Fsp3) is 0.286. The van der Waals surface area contributed by atoms with Gasteiger partial charge in [0.1, 0.15) is 18.3 Å². The molecule has 1 N–H and O–H groups in total. The second kappa shape index (κ2) is 13.6. The number of aliphatic hydroxyl groups excluding tert-OH is 1. The Morgan fingerprint density at radius 3 is 1.66 bits per heavy atom. The smallest absolute Gasteiger partial charge is 0.116 e. The first-order chi connectivity index (χ1) is 15.8. The Morgan fingerprint density at radius 1 is 0.688 bits per heavy atom. The highest BCUT2D eigenvalue weighted by molar-refractivity contribution is 5.15. The van der Waals surface area contributed by atoms with Crippen LogP contribution in [0.5, 0.6) is 0 Å². The van der Waals surface area contributed by atoms with Gasteiger partial charge in [0.2, 0.25) is 0 Å². The zero-order valence-electron chi connectivity index (χ0n) is 18.5. The van der Waals surface area contributed by atoms with E-state index in [-0.39, 0.29) is 6.61 Å². The van der Waals surface area contributed by atoms with Gasteiger partial charge in [-0.2, -0.15) is 0 Å². The summed E-state index contributed by atoms with van der Waals surface area (Å²) in [5, 5.41) is 11.0. The SMILES string of the molecule is CC=C[C@@H](OCc1ccccc1)[C@@H](OCc1ccccc1)[C@H](O)COCc1ccccc1. The lowest BCUT2D eigenvalue weighted by Crippen LogP contribution is -2.42. The molecule has 3 rings (SSSR count). The second-order valence-corrected chi connectivity index (χ2v) is 7.62. The summed E-state index contributed by atoms with van der Waals surface area (Å²) < 4.78 is 18.2. The van der Waals surface area contributed by atoms with E-state index in [4.69, 9.17) is 14.2 Å². The summed E-state index contributed by atoms with van der Waals surface area (Å²) in [5.74, 6) is 0. The van der Waals surface area contributed by atoms with Crippen LogP contribution in [-0.4, -0.2) is 30.0 Å². The normalized spacial score (nSPS) is 14.3. The maximum absolute atomic E-state index is 11.0. The number of benzene rings is 3. The summed E-state index contributed by atoms with van der Waals surface area (Å²) in [6, 6.07) is 29.8. The van der Waals surface area contributed by atoms with E-state index in [1.807, 2.05) is 110 Å². The molecule has 168 valence electrons. The molecule has 3 atom stereocenters. The number of rotatable bonds is 13. The van der Waals surface area contributed by atoms with E-state index in [1.54, 1.807) is 0 Å². The molecule has 3 aromatic carbocycles. The summed E-state index contributed by atoms with van der Waals surface area (Å²) >= 11 is 0. The van der Waals surface area contributed by atoms with Gasteiger partial charge >= 0.3 is 0 Å². The molecule has 0 aromatic heterocycles. The van der Waals surface area contributed by atoms with E-state index >= 15 is 0 Å². The molecule has 0 aliphatic carbocycles. The summed E-state index contributed by atoms with van der Waals surface area (Å²) in [5.41, 5.74) is 3.17. The molecule has 0 bridgehead atoms. The molecule has 4 nitrogen and oxygen atoms in total. The largest absolute Gasteiger partial charge is 0.388 e. The number of ether oxygens (including phenoxy) is 3. The van der Waals surface area contributed by atoms with Crippen LogP contribution in [0.15, 0.2) is 103 Å². The van der Waals surface area contributed by atoms with Crippen molar-refractivity contribution in [3.05, 3.63) is 120 Å². The monoisotopic (exact) mass is 432 g/mol. The lowest BCUT2D eigenvalue weighted by Gasteiger charge is -2.29. The zero-order chi connectivity index (χ0) is 22.4. The number of allylic oxidation sites excluding steroid dienone is 1. The van der Waals surface area contributed by atoms with Gasteiger partial charge < -0.3 is 19.3 Å². The molecule has 0 radical (unpaired) electrons. The maximum Gasteiger partial charge on any atom is 0.116 e. The van der Waals surface area contributed by atoms with Crippen molar-refractivity contribution in [2.45, 2.75) is 45.1 Å². The summed E-state index contributed by atoms with van der Waals surface area (Å²) in [4.78, 5) is 0. The van der Waals surface area contributed by atoms with Crippen molar-refractivity contribution in [3.63, 3.8) is 0 Å². The second-order valence-electron chi connectivity index (χ2n) is 7.62. The standard InChI is InChI=1S/C28H32O4/c1-2-12-27(31-20-24-15-8-4-9-16-24)28(32-21-25-17-10-5-11-18-25)26(29)22-30-19-23-13-6-3-7-14-23/h2-18,26-29H,19-22H2,1H3/t26-,27-,28+/m1/s1. The van der Waals surface area contributed by atoms with Crippen molar-refractivity contribution in [2.75, 3.05) is 6.61 Å². The zero-order valence-corrected chi connectivity index (χ0v) is 18.5. The quantitative estimate of drug-likeness (QED) is 0.372. The summed E-state index contributed by atoms with van der Waals surface area (Å²) in [6.45, 7) is 3.33. The average molecular weight is 433 g/mol. The minimum atomic E-state index is -0.848. The Labute approximate surface area is 191 Å². The van der Waals surface area contributed by atoms with E-state index in [9.17, 15) is 5.11 Å². The predicted molar refractivity (Wildman–Crippen MR) is 127 cm³/mol. The topological polar surface area (TPSA) is 47.9 Å². The van der Waals surface area contributed by atoms with E-state index in [0.29, 0.717) is 19.8 Å². The highest BCUT2D eigenvalue weighted by atomic mass is 16.6. The van der Waals surface area contributed by atoms with Crippen LogP contribution in [0.25, 0.3) is 0 Å². The molecule has 3 aromatic rings. The lowest BCUT2D eigenvalue weighted by atomic mass is 10.1. The molecule has 0 amide bonds. The lowest BCUT2D eigenvalue weighted by molar-refractivity contribution is -0.133. The molecule has 0 fully saturated rings. The fourth-order valence-electron chi connectivity index (χ4n) is 3.37. The Balaban J connectivity index is 1.66. The van der Waals surface area contributed by atoms with Gasteiger partial charge in [0, 0.05) is 0 Å². The molecule has 4 heteroatoms. The van der Waals surface area contributed by atoms with Gasteiger partial charge in [-0.05, 0) is 23.6 Å². The molecule has 0 aliphatic heterocycles.